The van der Waals surface area contributed by atoms with E-state index in [4.69, 9.17) is 4.52 Å². The van der Waals surface area contributed by atoms with E-state index in [9.17, 15) is 13.6 Å². The summed E-state index contributed by atoms with van der Waals surface area (Å²) in [7, 11) is 0. The molecule has 19 heavy (non-hydrogen) atoms. The van der Waals surface area contributed by atoms with Crippen molar-refractivity contribution < 1.29 is 18.1 Å². The molecule has 0 fully saturated rings. The number of halogens is 2. The van der Waals surface area contributed by atoms with Crippen LogP contribution in [0.1, 0.15) is 36.0 Å². The SMILES string of the molecule is CC(C)c1cc(C(=O)Nc2ccc(F)c(F)c2)no1. The van der Waals surface area contributed by atoms with Crippen LogP contribution in [-0.4, -0.2) is 11.1 Å². The Kier molecular flexibility index (Phi) is 3.59. The van der Waals surface area contributed by atoms with E-state index in [0.29, 0.717) is 5.76 Å². The largest absolute Gasteiger partial charge is 0.360 e. The number of benzene rings is 1. The molecule has 1 aromatic carbocycles. The minimum absolute atomic E-state index is 0.0911. The molecular weight excluding hydrogens is 254 g/mol. The number of anilines is 1. The number of carbonyl (C=O) groups excluding carboxylic acids is 1. The molecular formula is C13H12F2N2O2. The van der Waals surface area contributed by atoms with Crippen molar-refractivity contribution in [1.82, 2.24) is 5.16 Å². The summed E-state index contributed by atoms with van der Waals surface area (Å²) in [6.45, 7) is 3.80. The quantitative estimate of drug-likeness (QED) is 0.927. The fourth-order valence-electron chi connectivity index (χ4n) is 1.44. The van der Waals surface area contributed by atoms with E-state index in [-0.39, 0.29) is 17.3 Å². The van der Waals surface area contributed by atoms with Gasteiger partial charge in [-0.05, 0) is 12.1 Å². The van der Waals surface area contributed by atoms with E-state index in [0.717, 1.165) is 12.1 Å². The third-order valence-electron chi connectivity index (χ3n) is 2.51. The van der Waals surface area contributed by atoms with Gasteiger partial charge in [-0.1, -0.05) is 19.0 Å². The molecule has 1 amide bonds. The van der Waals surface area contributed by atoms with Crippen molar-refractivity contribution in [3.63, 3.8) is 0 Å². The summed E-state index contributed by atoms with van der Waals surface area (Å²) < 4.78 is 30.7. The molecule has 0 atom stereocenters. The van der Waals surface area contributed by atoms with Gasteiger partial charge >= 0.3 is 0 Å². The number of hydrogen-bond acceptors (Lipinski definition) is 3. The second kappa shape index (κ2) is 5.17. The average Bonchev–Trinajstić information content (AvgIpc) is 2.83. The lowest BCUT2D eigenvalue weighted by atomic mass is 10.1. The highest BCUT2D eigenvalue weighted by molar-refractivity contribution is 6.02. The van der Waals surface area contributed by atoms with Crippen LogP contribution in [0.15, 0.2) is 28.8 Å². The topological polar surface area (TPSA) is 55.1 Å². The summed E-state index contributed by atoms with van der Waals surface area (Å²) in [6, 6.07) is 4.61. The van der Waals surface area contributed by atoms with Crippen molar-refractivity contribution in [3.8, 4) is 0 Å². The molecule has 0 saturated heterocycles. The maximum absolute atomic E-state index is 13.0. The first kappa shape index (κ1) is 13.2. The third-order valence-corrected chi connectivity index (χ3v) is 2.51. The molecule has 4 nitrogen and oxygen atoms in total. The van der Waals surface area contributed by atoms with Gasteiger partial charge in [0.1, 0.15) is 5.76 Å². The van der Waals surface area contributed by atoms with Gasteiger partial charge in [0.25, 0.3) is 5.91 Å². The van der Waals surface area contributed by atoms with Crippen molar-refractivity contribution in [3.05, 3.63) is 47.4 Å². The van der Waals surface area contributed by atoms with Crippen molar-refractivity contribution in [2.75, 3.05) is 5.32 Å². The van der Waals surface area contributed by atoms with Gasteiger partial charge in [0.15, 0.2) is 17.3 Å². The molecule has 0 aliphatic rings. The third kappa shape index (κ3) is 2.96. The highest BCUT2D eigenvalue weighted by atomic mass is 19.2. The first-order valence-electron chi connectivity index (χ1n) is 5.70. The minimum Gasteiger partial charge on any atom is -0.360 e. The molecule has 2 rings (SSSR count). The zero-order chi connectivity index (χ0) is 14.0. The molecule has 2 aromatic rings. The minimum atomic E-state index is -1.03. The molecule has 0 aliphatic carbocycles. The summed E-state index contributed by atoms with van der Waals surface area (Å²) >= 11 is 0. The Balaban J connectivity index is 2.13. The Labute approximate surface area is 108 Å². The number of carbonyl (C=O) groups is 1. The zero-order valence-corrected chi connectivity index (χ0v) is 10.4. The first-order valence-corrected chi connectivity index (χ1v) is 5.70. The Morgan fingerprint density at radius 2 is 2.00 bits per heavy atom. The molecule has 6 heteroatoms. The maximum Gasteiger partial charge on any atom is 0.277 e. The van der Waals surface area contributed by atoms with Crippen LogP contribution < -0.4 is 5.32 Å². The van der Waals surface area contributed by atoms with E-state index in [2.05, 4.69) is 10.5 Å². The molecule has 0 radical (unpaired) electrons. The predicted octanol–water partition coefficient (Wildman–Crippen LogP) is 3.33. The lowest BCUT2D eigenvalue weighted by Gasteiger charge is -2.02. The monoisotopic (exact) mass is 266 g/mol. The lowest BCUT2D eigenvalue weighted by molar-refractivity contribution is 0.101. The van der Waals surface area contributed by atoms with Gasteiger partial charge in [0.05, 0.1) is 0 Å². The van der Waals surface area contributed by atoms with Crippen LogP contribution >= 0.6 is 0 Å². The van der Waals surface area contributed by atoms with Gasteiger partial charge in [-0.25, -0.2) is 8.78 Å². The molecule has 0 spiro atoms. The number of hydrogen-bond donors (Lipinski definition) is 1. The number of nitrogens with one attached hydrogen (secondary N) is 1. The van der Waals surface area contributed by atoms with Gasteiger partial charge in [-0.2, -0.15) is 0 Å². The Hall–Kier alpha value is -2.24. The standard InChI is InChI=1S/C13H12F2N2O2/c1-7(2)12-6-11(17-19-12)13(18)16-8-3-4-9(14)10(15)5-8/h3-7H,1-2H3,(H,16,18). The van der Waals surface area contributed by atoms with Gasteiger partial charge in [-0.3, -0.25) is 4.79 Å². The second-order valence-corrected chi connectivity index (χ2v) is 4.35. The van der Waals surface area contributed by atoms with Gasteiger partial charge in [-0.15, -0.1) is 0 Å². The zero-order valence-electron chi connectivity index (χ0n) is 10.4. The van der Waals surface area contributed by atoms with Crippen LogP contribution in [0.25, 0.3) is 0 Å². The Bertz CT molecular complexity index is 608. The smallest absolute Gasteiger partial charge is 0.277 e. The van der Waals surface area contributed by atoms with Crippen LogP contribution in [0.5, 0.6) is 0 Å². The summed E-state index contributed by atoms with van der Waals surface area (Å²) in [4.78, 5) is 11.8. The molecule has 0 bridgehead atoms. The van der Waals surface area contributed by atoms with Crippen LogP contribution in [0.2, 0.25) is 0 Å². The van der Waals surface area contributed by atoms with Crippen LogP contribution in [0.3, 0.4) is 0 Å². The van der Waals surface area contributed by atoms with Gasteiger partial charge in [0, 0.05) is 23.7 Å². The number of aromatic nitrogens is 1. The van der Waals surface area contributed by atoms with Gasteiger partial charge in [0.2, 0.25) is 0 Å². The Morgan fingerprint density at radius 1 is 1.26 bits per heavy atom. The number of amides is 1. The highest BCUT2D eigenvalue weighted by Crippen LogP contribution is 2.17. The van der Waals surface area contributed by atoms with E-state index in [1.807, 2.05) is 13.8 Å². The van der Waals surface area contributed by atoms with Crippen molar-refractivity contribution in [2.24, 2.45) is 0 Å². The molecule has 1 N–H and O–H groups in total. The summed E-state index contributed by atoms with van der Waals surface area (Å²) in [5.74, 6) is -1.85. The lowest BCUT2D eigenvalue weighted by Crippen LogP contribution is -2.12. The van der Waals surface area contributed by atoms with Crippen molar-refractivity contribution >= 4 is 11.6 Å². The molecule has 1 aromatic heterocycles. The first-order chi connectivity index (χ1) is 8.97. The van der Waals surface area contributed by atoms with Crippen LogP contribution in [0, 0.1) is 11.6 Å². The number of nitrogens with zero attached hydrogens (tertiary/aromatic N) is 1. The second-order valence-electron chi connectivity index (χ2n) is 4.35. The fraction of sp³-hybridized carbons (Fsp3) is 0.231. The normalized spacial score (nSPS) is 10.8. The summed E-state index contributed by atoms with van der Waals surface area (Å²) in [5, 5.41) is 6.03. The Morgan fingerprint density at radius 3 is 2.58 bits per heavy atom. The van der Waals surface area contributed by atoms with Crippen molar-refractivity contribution in [2.45, 2.75) is 19.8 Å². The summed E-state index contributed by atoms with van der Waals surface area (Å²) in [6.07, 6.45) is 0. The number of rotatable bonds is 3. The summed E-state index contributed by atoms with van der Waals surface area (Å²) in [5.41, 5.74) is 0.242. The molecule has 1 heterocycles. The molecule has 0 aliphatic heterocycles. The van der Waals surface area contributed by atoms with E-state index in [1.165, 1.54) is 12.1 Å². The highest BCUT2D eigenvalue weighted by Gasteiger charge is 2.15. The predicted molar refractivity (Wildman–Crippen MR) is 64.9 cm³/mol. The van der Waals surface area contributed by atoms with E-state index < -0.39 is 17.5 Å². The molecule has 100 valence electrons. The van der Waals surface area contributed by atoms with Crippen LogP contribution in [0.4, 0.5) is 14.5 Å². The van der Waals surface area contributed by atoms with Crippen molar-refractivity contribution in [1.29, 1.82) is 0 Å². The average molecular weight is 266 g/mol. The van der Waals surface area contributed by atoms with Crippen LogP contribution in [-0.2, 0) is 0 Å². The van der Waals surface area contributed by atoms with E-state index >= 15 is 0 Å². The fourth-order valence-corrected chi connectivity index (χ4v) is 1.44. The molecule has 0 unspecified atom stereocenters. The van der Waals surface area contributed by atoms with Gasteiger partial charge < -0.3 is 9.84 Å². The van der Waals surface area contributed by atoms with E-state index in [1.54, 1.807) is 0 Å². The maximum atomic E-state index is 13.0. The molecule has 0 saturated carbocycles.